The topological polar surface area (TPSA) is 88.8 Å². The Balaban J connectivity index is 1.41. The fourth-order valence-corrected chi connectivity index (χ4v) is 5.45. The molecule has 1 aliphatic heterocycles. The van der Waals surface area contributed by atoms with Gasteiger partial charge in [-0.1, -0.05) is 12.1 Å². The third-order valence-corrected chi connectivity index (χ3v) is 7.64. The molecule has 2 heterocycles. The quantitative estimate of drug-likeness (QED) is 0.622. The van der Waals surface area contributed by atoms with Gasteiger partial charge in [0.2, 0.25) is 0 Å². The molecule has 1 fully saturated rings. The highest BCUT2D eigenvalue weighted by atomic mass is 32.2. The maximum Gasteiger partial charge on any atom is 0.175 e. The van der Waals surface area contributed by atoms with Gasteiger partial charge >= 0.3 is 0 Å². The molecule has 2 aromatic carbocycles. The summed E-state index contributed by atoms with van der Waals surface area (Å²) in [7, 11) is -1.54. The van der Waals surface area contributed by atoms with Gasteiger partial charge < -0.3 is 15.4 Å². The molecule has 0 saturated carbocycles. The van der Waals surface area contributed by atoms with Crippen LogP contribution in [0, 0.1) is 0 Å². The molecule has 160 valence electrons. The van der Waals surface area contributed by atoms with E-state index < -0.39 is 9.84 Å². The van der Waals surface area contributed by atoms with Crippen LogP contribution in [-0.4, -0.2) is 64.4 Å². The molecule has 0 amide bonds. The highest BCUT2D eigenvalue weighted by molar-refractivity contribution is 7.90. The van der Waals surface area contributed by atoms with Crippen molar-refractivity contribution in [1.82, 2.24) is 9.88 Å². The molecule has 0 radical (unpaired) electrons. The Morgan fingerprint density at radius 3 is 2.60 bits per heavy atom. The molecule has 1 atom stereocenters. The first-order chi connectivity index (χ1) is 14.3. The molecule has 1 unspecified atom stereocenters. The number of para-hydroxylation sites is 2. The van der Waals surface area contributed by atoms with Crippen LogP contribution in [0.3, 0.4) is 0 Å². The number of anilines is 1. The zero-order chi connectivity index (χ0) is 21.3. The van der Waals surface area contributed by atoms with Crippen LogP contribution in [0.25, 0.3) is 10.2 Å². The molecule has 1 aromatic heterocycles. The summed E-state index contributed by atoms with van der Waals surface area (Å²) in [5.74, 6) is 0.894. The Hall–Kier alpha value is -2.20. The number of fused-ring (bicyclic) bond motifs is 1. The van der Waals surface area contributed by atoms with E-state index in [0.29, 0.717) is 4.90 Å². The Labute approximate surface area is 181 Å². The monoisotopic (exact) mass is 446 g/mol. The van der Waals surface area contributed by atoms with Gasteiger partial charge in [-0.05, 0) is 30.3 Å². The van der Waals surface area contributed by atoms with Gasteiger partial charge in [0, 0.05) is 39.0 Å². The van der Waals surface area contributed by atoms with Crippen molar-refractivity contribution >= 4 is 37.1 Å². The minimum atomic E-state index is -3.24. The number of sulfone groups is 1. The molecular weight excluding hydrogens is 420 g/mol. The maximum atomic E-state index is 11.8. The number of ether oxygens (including phenoxy) is 1. The Morgan fingerprint density at radius 1 is 1.17 bits per heavy atom. The molecule has 1 aliphatic rings. The van der Waals surface area contributed by atoms with Gasteiger partial charge in [-0.25, -0.2) is 13.4 Å². The number of nitrogens with zero attached hydrogens (tertiary/aromatic N) is 3. The van der Waals surface area contributed by atoms with Gasteiger partial charge in [0.05, 0.1) is 34.0 Å². The van der Waals surface area contributed by atoms with Gasteiger partial charge in [-0.3, -0.25) is 4.90 Å². The largest absolute Gasteiger partial charge is 0.495 e. The zero-order valence-corrected chi connectivity index (χ0v) is 18.7. The number of piperazine rings is 1. The van der Waals surface area contributed by atoms with E-state index in [-0.39, 0.29) is 6.04 Å². The van der Waals surface area contributed by atoms with E-state index >= 15 is 0 Å². The summed E-state index contributed by atoms with van der Waals surface area (Å²) >= 11 is 1.47. The summed E-state index contributed by atoms with van der Waals surface area (Å²) in [6, 6.07) is 12.9. The third-order valence-electron chi connectivity index (χ3n) is 5.37. The lowest BCUT2D eigenvalue weighted by molar-refractivity contribution is 0.242. The molecule has 1 saturated heterocycles. The minimum Gasteiger partial charge on any atom is -0.495 e. The number of benzene rings is 2. The summed E-state index contributed by atoms with van der Waals surface area (Å²) in [6.07, 6.45) is 1.21. The van der Waals surface area contributed by atoms with Crippen LogP contribution in [0.1, 0.15) is 11.0 Å². The van der Waals surface area contributed by atoms with Crippen molar-refractivity contribution < 1.29 is 13.2 Å². The van der Waals surface area contributed by atoms with E-state index in [4.69, 9.17) is 10.5 Å². The van der Waals surface area contributed by atoms with Gasteiger partial charge in [-0.2, -0.15) is 0 Å². The standard InChI is InChI=1S/C21H26N4O3S2/c1-28-19-6-4-3-5-18(19)25-11-9-24(10-12-25)14-16(22)21-23-17-8-7-15(30(2,26)27)13-20(17)29-21/h3-8,13,16H,9-12,14,22H2,1-2H3. The fourth-order valence-electron chi connectivity index (χ4n) is 3.73. The molecule has 7 nitrogen and oxygen atoms in total. The number of nitrogens with two attached hydrogens (primary N) is 1. The Morgan fingerprint density at radius 2 is 1.90 bits per heavy atom. The first kappa shape index (κ1) is 21.0. The molecule has 4 rings (SSSR count). The average molecular weight is 447 g/mol. The van der Waals surface area contributed by atoms with E-state index in [9.17, 15) is 8.42 Å². The zero-order valence-electron chi connectivity index (χ0n) is 17.1. The number of rotatable bonds is 6. The number of aromatic nitrogens is 1. The summed E-state index contributed by atoms with van der Waals surface area (Å²) in [4.78, 5) is 9.63. The third kappa shape index (κ3) is 4.44. The van der Waals surface area contributed by atoms with Gasteiger partial charge in [0.15, 0.2) is 9.84 Å². The van der Waals surface area contributed by atoms with Crippen LogP contribution in [0.15, 0.2) is 47.4 Å². The van der Waals surface area contributed by atoms with Crippen molar-refractivity contribution in [3.05, 3.63) is 47.5 Å². The lowest BCUT2D eigenvalue weighted by Gasteiger charge is -2.37. The van der Waals surface area contributed by atoms with Crippen LogP contribution in [0.4, 0.5) is 5.69 Å². The minimum absolute atomic E-state index is 0.207. The predicted molar refractivity (Wildman–Crippen MR) is 121 cm³/mol. The van der Waals surface area contributed by atoms with Crippen molar-refractivity contribution in [2.24, 2.45) is 5.73 Å². The molecule has 9 heteroatoms. The van der Waals surface area contributed by atoms with Crippen LogP contribution in [0.5, 0.6) is 5.75 Å². The number of hydrogen-bond acceptors (Lipinski definition) is 8. The summed E-state index contributed by atoms with van der Waals surface area (Å²) in [6.45, 7) is 4.36. The lowest BCUT2D eigenvalue weighted by atomic mass is 10.2. The van der Waals surface area contributed by atoms with E-state index in [1.54, 1.807) is 25.3 Å². The van der Waals surface area contributed by atoms with Gasteiger partial charge in [0.25, 0.3) is 0 Å². The van der Waals surface area contributed by atoms with E-state index in [1.807, 2.05) is 18.2 Å². The highest BCUT2D eigenvalue weighted by Gasteiger charge is 2.23. The van der Waals surface area contributed by atoms with Crippen LogP contribution in [-0.2, 0) is 9.84 Å². The lowest BCUT2D eigenvalue weighted by Crippen LogP contribution is -2.48. The first-order valence-corrected chi connectivity index (χ1v) is 12.5. The Bertz CT molecular complexity index is 1140. The SMILES string of the molecule is COc1ccccc1N1CCN(CC(N)c2nc3ccc(S(C)(=O)=O)cc3s2)CC1. The number of hydrogen-bond donors (Lipinski definition) is 1. The molecule has 30 heavy (non-hydrogen) atoms. The second-order valence-corrected chi connectivity index (χ2v) is 10.6. The maximum absolute atomic E-state index is 11.8. The summed E-state index contributed by atoms with van der Waals surface area (Å²) < 4.78 is 29.9. The van der Waals surface area contributed by atoms with Crippen molar-refractivity contribution in [2.75, 3.05) is 51.0 Å². The van der Waals surface area contributed by atoms with Crippen LogP contribution >= 0.6 is 11.3 Å². The van der Waals surface area contributed by atoms with Gasteiger partial charge in [-0.15, -0.1) is 11.3 Å². The predicted octanol–water partition coefficient (Wildman–Crippen LogP) is 2.53. The molecule has 3 aromatic rings. The number of methoxy groups -OCH3 is 1. The number of thiazole rings is 1. The summed E-state index contributed by atoms with van der Waals surface area (Å²) in [5, 5.41) is 0.836. The van der Waals surface area contributed by atoms with Crippen molar-refractivity contribution in [2.45, 2.75) is 10.9 Å². The van der Waals surface area contributed by atoms with Crippen molar-refractivity contribution in [1.29, 1.82) is 0 Å². The van der Waals surface area contributed by atoms with E-state index in [2.05, 4.69) is 20.9 Å². The second kappa shape index (κ2) is 8.50. The van der Waals surface area contributed by atoms with Crippen LogP contribution < -0.4 is 15.4 Å². The second-order valence-electron chi connectivity index (χ2n) is 7.52. The highest BCUT2D eigenvalue weighted by Crippen LogP contribution is 2.30. The normalized spacial score (nSPS) is 16.7. The molecule has 0 bridgehead atoms. The van der Waals surface area contributed by atoms with E-state index in [0.717, 1.165) is 59.4 Å². The summed E-state index contributed by atoms with van der Waals surface area (Å²) in [5.41, 5.74) is 8.37. The fraction of sp³-hybridized carbons (Fsp3) is 0.381. The smallest absolute Gasteiger partial charge is 0.175 e. The van der Waals surface area contributed by atoms with Crippen molar-refractivity contribution in [3.63, 3.8) is 0 Å². The average Bonchev–Trinajstić information content (AvgIpc) is 3.17. The first-order valence-electron chi connectivity index (χ1n) is 9.81. The van der Waals surface area contributed by atoms with Gasteiger partial charge in [0.1, 0.15) is 10.8 Å². The molecular formula is C21H26N4O3S2. The molecule has 0 spiro atoms. The molecule has 2 N–H and O–H groups in total. The Kier molecular flexibility index (Phi) is 5.97. The molecule has 0 aliphatic carbocycles. The van der Waals surface area contributed by atoms with Crippen molar-refractivity contribution in [3.8, 4) is 5.75 Å². The van der Waals surface area contributed by atoms with E-state index in [1.165, 1.54) is 17.6 Å². The van der Waals surface area contributed by atoms with Crippen LogP contribution in [0.2, 0.25) is 0 Å².